The molecule has 0 aliphatic carbocycles. The van der Waals surface area contributed by atoms with Gasteiger partial charge in [-0.15, -0.1) is 0 Å². The molecule has 12 heavy (non-hydrogen) atoms. The lowest BCUT2D eigenvalue weighted by Gasteiger charge is -2.05. The fourth-order valence-corrected chi connectivity index (χ4v) is 1.35. The Labute approximate surface area is 90.3 Å². The minimum absolute atomic E-state index is 0.826. The largest absolute Gasteiger partial charge is 0.0859 e. The zero-order chi connectivity index (χ0) is 9.40. The van der Waals surface area contributed by atoms with Crippen LogP contribution in [0, 0.1) is 5.92 Å². The summed E-state index contributed by atoms with van der Waals surface area (Å²) in [6.45, 7) is 6.64. The lowest BCUT2D eigenvalue weighted by atomic mass is 10.0. The van der Waals surface area contributed by atoms with Crippen molar-refractivity contribution < 1.29 is 0 Å². The molecule has 1 heteroatoms. The summed E-state index contributed by atoms with van der Waals surface area (Å²) in [5.74, 6) is 0.826. The lowest BCUT2D eigenvalue weighted by molar-refractivity contribution is 0.546. The van der Waals surface area contributed by atoms with Crippen LogP contribution in [0.4, 0.5) is 0 Å². The fraction of sp³-hybridized carbons (Fsp3) is 0.636. The third-order valence-corrected chi connectivity index (χ3v) is 2.35. The zero-order valence-electron chi connectivity index (χ0n) is 8.31. The average molecular weight is 278 g/mol. The van der Waals surface area contributed by atoms with Crippen molar-refractivity contribution in [3.05, 3.63) is 21.8 Å². The van der Waals surface area contributed by atoms with Crippen LogP contribution in [-0.2, 0) is 0 Å². The third-order valence-electron chi connectivity index (χ3n) is 1.84. The molecular formula is C11H19I. The lowest BCUT2D eigenvalue weighted by Crippen LogP contribution is -1.90. The molecule has 1 atom stereocenters. The predicted molar refractivity (Wildman–Crippen MR) is 65.6 cm³/mol. The topological polar surface area (TPSA) is 0 Å². The molecule has 0 spiro atoms. The second kappa shape index (κ2) is 7.84. The van der Waals surface area contributed by atoms with Crippen LogP contribution in [0.2, 0.25) is 0 Å². The van der Waals surface area contributed by atoms with Gasteiger partial charge in [0.25, 0.3) is 0 Å². The van der Waals surface area contributed by atoms with E-state index in [4.69, 9.17) is 0 Å². The molecule has 0 saturated heterocycles. The second-order valence-corrected chi connectivity index (χ2v) is 4.28. The van der Waals surface area contributed by atoms with Crippen molar-refractivity contribution in [3.8, 4) is 0 Å². The Morgan fingerprint density at radius 3 is 2.58 bits per heavy atom. The van der Waals surface area contributed by atoms with Crippen LogP contribution in [0.1, 0.15) is 40.0 Å². The highest BCUT2D eigenvalue weighted by molar-refractivity contribution is 14.1. The first-order valence-electron chi connectivity index (χ1n) is 4.55. The molecule has 0 N–H and O–H groups in total. The Morgan fingerprint density at radius 1 is 1.42 bits per heavy atom. The van der Waals surface area contributed by atoms with Gasteiger partial charge in [-0.25, -0.2) is 0 Å². The SMILES string of the molecule is CC(C)=CCC[C@H](C)C/C=C\I. The van der Waals surface area contributed by atoms with Crippen molar-refractivity contribution in [2.24, 2.45) is 5.92 Å². The minimum atomic E-state index is 0.826. The molecule has 0 amide bonds. The monoisotopic (exact) mass is 278 g/mol. The number of allylic oxidation sites excluding steroid dienone is 3. The molecule has 0 heterocycles. The summed E-state index contributed by atoms with van der Waals surface area (Å²) in [4.78, 5) is 0. The van der Waals surface area contributed by atoms with Gasteiger partial charge >= 0.3 is 0 Å². The Kier molecular flexibility index (Phi) is 7.98. The first-order valence-corrected chi connectivity index (χ1v) is 5.80. The maximum Gasteiger partial charge on any atom is -0.0274 e. The molecule has 0 rings (SSSR count). The summed E-state index contributed by atoms with van der Waals surface area (Å²) in [5.41, 5.74) is 1.44. The molecule has 0 nitrogen and oxygen atoms in total. The minimum Gasteiger partial charge on any atom is -0.0859 e. The number of hydrogen-bond acceptors (Lipinski definition) is 0. The van der Waals surface area contributed by atoms with Crippen molar-refractivity contribution in [1.29, 1.82) is 0 Å². The highest BCUT2D eigenvalue weighted by atomic mass is 127. The van der Waals surface area contributed by atoms with E-state index in [1.807, 2.05) is 0 Å². The molecule has 0 aliphatic rings. The molecule has 70 valence electrons. The van der Waals surface area contributed by atoms with Gasteiger partial charge in [0.15, 0.2) is 0 Å². The maximum absolute atomic E-state index is 2.32. The molecule has 0 aromatic carbocycles. The van der Waals surface area contributed by atoms with Crippen LogP contribution in [0.3, 0.4) is 0 Å². The maximum atomic E-state index is 2.32. The standard InChI is InChI=1S/C11H19I/c1-10(2)6-4-7-11(3)8-5-9-12/h5-6,9,11H,4,7-8H2,1-3H3/b9-5-/t11-/m0/s1. The van der Waals surface area contributed by atoms with Gasteiger partial charge in [0.2, 0.25) is 0 Å². The summed E-state index contributed by atoms with van der Waals surface area (Å²) < 4.78 is 2.11. The number of rotatable bonds is 5. The first-order chi connectivity index (χ1) is 5.66. The van der Waals surface area contributed by atoms with Gasteiger partial charge in [-0.1, -0.05) is 47.2 Å². The van der Waals surface area contributed by atoms with E-state index in [2.05, 4.69) is 59.6 Å². The summed E-state index contributed by atoms with van der Waals surface area (Å²) in [6, 6.07) is 0. The molecule has 0 aromatic heterocycles. The molecule has 0 saturated carbocycles. The van der Waals surface area contributed by atoms with E-state index in [1.54, 1.807) is 0 Å². The van der Waals surface area contributed by atoms with Crippen LogP contribution in [-0.4, -0.2) is 0 Å². The van der Waals surface area contributed by atoms with E-state index in [-0.39, 0.29) is 0 Å². The predicted octanol–water partition coefficient (Wildman–Crippen LogP) is 4.71. The van der Waals surface area contributed by atoms with E-state index in [0.717, 1.165) is 5.92 Å². The van der Waals surface area contributed by atoms with E-state index in [1.165, 1.54) is 24.8 Å². The normalized spacial score (nSPS) is 13.3. The summed E-state index contributed by atoms with van der Waals surface area (Å²) >= 11 is 2.28. The van der Waals surface area contributed by atoms with Crippen molar-refractivity contribution in [2.45, 2.75) is 40.0 Å². The molecular weight excluding hydrogens is 259 g/mol. The quantitative estimate of drug-likeness (QED) is 0.504. The smallest absolute Gasteiger partial charge is 0.0274 e. The molecule has 0 bridgehead atoms. The van der Waals surface area contributed by atoms with Crippen molar-refractivity contribution >= 4 is 22.6 Å². The number of halogens is 1. The Morgan fingerprint density at radius 2 is 2.08 bits per heavy atom. The van der Waals surface area contributed by atoms with Crippen LogP contribution >= 0.6 is 22.6 Å². The first kappa shape index (κ1) is 12.2. The zero-order valence-corrected chi connectivity index (χ0v) is 10.5. The van der Waals surface area contributed by atoms with Gasteiger partial charge in [0.05, 0.1) is 0 Å². The van der Waals surface area contributed by atoms with Gasteiger partial charge in [-0.3, -0.25) is 0 Å². The Balaban J connectivity index is 3.43. The Hall–Kier alpha value is 0.210. The van der Waals surface area contributed by atoms with Gasteiger partial charge < -0.3 is 0 Å². The Bertz CT molecular complexity index is 152. The highest BCUT2D eigenvalue weighted by Gasteiger charge is 1.96. The molecule has 0 fully saturated rings. The van der Waals surface area contributed by atoms with Gasteiger partial charge in [0.1, 0.15) is 0 Å². The van der Waals surface area contributed by atoms with Crippen LogP contribution in [0.5, 0.6) is 0 Å². The average Bonchev–Trinajstić information content (AvgIpc) is 2.00. The second-order valence-electron chi connectivity index (χ2n) is 3.56. The van der Waals surface area contributed by atoms with Gasteiger partial charge in [0, 0.05) is 0 Å². The van der Waals surface area contributed by atoms with E-state index >= 15 is 0 Å². The van der Waals surface area contributed by atoms with E-state index < -0.39 is 0 Å². The summed E-state index contributed by atoms with van der Waals surface area (Å²) in [6.07, 6.45) is 8.34. The van der Waals surface area contributed by atoms with E-state index in [0.29, 0.717) is 0 Å². The van der Waals surface area contributed by atoms with E-state index in [9.17, 15) is 0 Å². The third kappa shape index (κ3) is 8.31. The molecule has 0 unspecified atom stereocenters. The number of hydrogen-bond donors (Lipinski definition) is 0. The van der Waals surface area contributed by atoms with Crippen LogP contribution in [0.15, 0.2) is 21.8 Å². The summed E-state index contributed by atoms with van der Waals surface area (Å²) in [7, 11) is 0. The highest BCUT2D eigenvalue weighted by Crippen LogP contribution is 2.12. The van der Waals surface area contributed by atoms with Crippen LogP contribution in [0.25, 0.3) is 0 Å². The fourth-order valence-electron chi connectivity index (χ4n) is 1.06. The van der Waals surface area contributed by atoms with Gasteiger partial charge in [-0.2, -0.15) is 0 Å². The molecule has 0 aromatic rings. The summed E-state index contributed by atoms with van der Waals surface area (Å²) in [5, 5.41) is 0. The van der Waals surface area contributed by atoms with Crippen LogP contribution < -0.4 is 0 Å². The molecule has 0 aliphatic heterocycles. The molecule has 0 radical (unpaired) electrons. The van der Waals surface area contributed by atoms with Crippen molar-refractivity contribution in [1.82, 2.24) is 0 Å². The van der Waals surface area contributed by atoms with Crippen molar-refractivity contribution in [3.63, 3.8) is 0 Å². The van der Waals surface area contributed by atoms with Gasteiger partial charge in [-0.05, 0) is 43.1 Å². The van der Waals surface area contributed by atoms with Crippen molar-refractivity contribution in [2.75, 3.05) is 0 Å².